The minimum atomic E-state index is 0. The summed E-state index contributed by atoms with van der Waals surface area (Å²) in [5, 5.41) is 4.06. The first-order valence-electron chi connectivity index (χ1n) is 8.00. The lowest BCUT2D eigenvalue weighted by Gasteiger charge is -2.31. The van der Waals surface area contributed by atoms with Crippen LogP contribution in [-0.2, 0) is 11.3 Å². The average Bonchev–Trinajstić information content (AvgIpc) is 3.19. The van der Waals surface area contributed by atoms with Gasteiger partial charge < -0.3 is 10.2 Å². The molecule has 1 aromatic carbocycles. The van der Waals surface area contributed by atoms with Gasteiger partial charge in [0.15, 0.2) is 0 Å². The molecular weight excluding hydrogens is 319 g/mol. The van der Waals surface area contributed by atoms with E-state index in [9.17, 15) is 4.79 Å². The fourth-order valence-corrected chi connectivity index (χ4v) is 3.71. The van der Waals surface area contributed by atoms with Crippen molar-refractivity contribution in [3.63, 3.8) is 0 Å². The summed E-state index contributed by atoms with van der Waals surface area (Å²) in [7, 11) is 0. The molecule has 1 aliphatic heterocycles. The molecule has 1 aromatic rings. The maximum absolute atomic E-state index is 12.9. The number of hydrogen-bond donors (Lipinski definition) is 1. The largest absolute Gasteiger partial charge is 0.335 e. The van der Waals surface area contributed by atoms with Crippen LogP contribution in [0.5, 0.6) is 0 Å². The third-order valence-electron chi connectivity index (χ3n) is 4.76. The van der Waals surface area contributed by atoms with Gasteiger partial charge in [0, 0.05) is 24.2 Å². The molecule has 22 heavy (non-hydrogen) atoms. The molecule has 0 bridgehead atoms. The van der Waals surface area contributed by atoms with Crippen LogP contribution < -0.4 is 5.32 Å². The third-order valence-corrected chi connectivity index (χ3v) is 5.13. The summed E-state index contributed by atoms with van der Waals surface area (Å²) in [6, 6.07) is 8.27. The van der Waals surface area contributed by atoms with E-state index in [4.69, 9.17) is 11.6 Å². The number of rotatable bonds is 4. The van der Waals surface area contributed by atoms with Crippen molar-refractivity contribution in [3.8, 4) is 0 Å². The smallest absolute Gasteiger partial charge is 0.227 e. The topological polar surface area (TPSA) is 32.3 Å². The zero-order valence-corrected chi connectivity index (χ0v) is 14.3. The molecule has 1 heterocycles. The van der Waals surface area contributed by atoms with Gasteiger partial charge in [0.1, 0.15) is 0 Å². The highest BCUT2D eigenvalue weighted by Gasteiger charge is 2.32. The fourth-order valence-electron chi connectivity index (χ4n) is 3.51. The second-order valence-corrected chi connectivity index (χ2v) is 6.59. The van der Waals surface area contributed by atoms with E-state index in [1.54, 1.807) is 0 Å². The molecule has 1 saturated carbocycles. The second-order valence-electron chi connectivity index (χ2n) is 6.19. The molecule has 1 aliphatic carbocycles. The van der Waals surface area contributed by atoms with E-state index in [1.165, 1.54) is 12.8 Å². The van der Waals surface area contributed by atoms with Gasteiger partial charge in [-0.3, -0.25) is 4.79 Å². The van der Waals surface area contributed by atoms with E-state index in [0.717, 1.165) is 42.9 Å². The predicted molar refractivity (Wildman–Crippen MR) is 92.5 cm³/mol. The number of benzene rings is 1. The highest BCUT2D eigenvalue weighted by molar-refractivity contribution is 6.31. The molecule has 1 atom stereocenters. The Labute approximate surface area is 143 Å². The normalized spacial score (nSPS) is 21.6. The monoisotopic (exact) mass is 342 g/mol. The lowest BCUT2D eigenvalue weighted by molar-refractivity contribution is -0.138. The van der Waals surface area contributed by atoms with Gasteiger partial charge in [-0.15, -0.1) is 12.4 Å². The van der Waals surface area contributed by atoms with Crippen LogP contribution in [0.15, 0.2) is 24.3 Å². The standard InChI is InChI=1S/C17H23ClN2O.ClH/c18-16-8-4-1-5-14(16)12-20(15-6-2-3-7-15)17(21)13-9-10-19-11-13;/h1,4-5,8,13,15,19H,2-3,6-7,9-12H2;1H. The van der Waals surface area contributed by atoms with Gasteiger partial charge in [-0.2, -0.15) is 0 Å². The van der Waals surface area contributed by atoms with E-state index in [1.807, 2.05) is 24.3 Å². The SMILES string of the molecule is Cl.O=C(C1CCNC1)N(Cc1ccccc1Cl)C1CCCC1. The molecule has 5 heteroatoms. The van der Waals surface area contributed by atoms with Crippen molar-refractivity contribution in [2.45, 2.75) is 44.7 Å². The van der Waals surface area contributed by atoms with Crippen molar-refractivity contribution in [2.24, 2.45) is 5.92 Å². The molecule has 1 amide bonds. The second kappa shape index (κ2) is 8.19. The maximum atomic E-state index is 12.9. The molecule has 1 N–H and O–H groups in total. The summed E-state index contributed by atoms with van der Waals surface area (Å²) >= 11 is 6.29. The number of carbonyl (C=O) groups excluding carboxylic acids is 1. The van der Waals surface area contributed by atoms with Crippen molar-refractivity contribution in [2.75, 3.05) is 13.1 Å². The van der Waals surface area contributed by atoms with Gasteiger partial charge in [0.05, 0.1) is 5.92 Å². The lowest BCUT2D eigenvalue weighted by Crippen LogP contribution is -2.42. The van der Waals surface area contributed by atoms with E-state index in [-0.39, 0.29) is 18.3 Å². The van der Waals surface area contributed by atoms with Gasteiger partial charge in [-0.05, 0) is 37.4 Å². The van der Waals surface area contributed by atoms with Gasteiger partial charge in [-0.25, -0.2) is 0 Å². The number of nitrogens with zero attached hydrogens (tertiary/aromatic N) is 1. The van der Waals surface area contributed by atoms with Gasteiger partial charge in [0.25, 0.3) is 0 Å². The van der Waals surface area contributed by atoms with E-state index < -0.39 is 0 Å². The van der Waals surface area contributed by atoms with Crippen molar-refractivity contribution < 1.29 is 4.79 Å². The van der Waals surface area contributed by atoms with E-state index in [2.05, 4.69) is 10.2 Å². The van der Waals surface area contributed by atoms with Crippen molar-refractivity contribution in [1.29, 1.82) is 0 Å². The molecule has 0 aromatic heterocycles. The first-order valence-corrected chi connectivity index (χ1v) is 8.38. The highest BCUT2D eigenvalue weighted by atomic mass is 35.5. The Morgan fingerprint density at radius 3 is 2.59 bits per heavy atom. The summed E-state index contributed by atoms with van der Waals surface area (Å²) in [5.74, 6) is 0.458. The Bertz CT molecular complexity index is 497. The highest BCUT2D eigenvalue weighted by Crippen LogP contribution is 2.29. The molecule has 2 aliphatic rings. The van der Waals surface area contributed by atoms with Crippen LogP contribution in [0, 0.1) is 5.92 Å². The summed E-state index contributed by atoms with van der Waals surface area (Å²) in [4.78, 5) is 15.0. The zero-order valence-electron chi connectivity index (χ0n) is 12.8. The molecule has 0 radical (unpaired) electrons. The minimum absolute atomic E-state index is 0. The van der Waals surface area contributed by atoms with Crippen molar-refractivity contribution in [3.05, 3.63) is 34.9 Å². The molecule has 0 spiro atoms. The number of nitrogens with one attached hydrogen (secondary N) is 1. The van der Waals surface area contributed by atoms with Crippen LogP contribution in [0.2, 0.25) is 5.02 Å². The van der Waals surface area contributed by atoms with Crippen LogP contribution >= 0.6 is 24.0 Å². The Kier molecular flexibility index (Phi) is 6.54. The Morgan fingerprint density at radius 2 is 1.95 bits per heavy atom. The Hall–Kier alpha value is -0.770. The van der Waals surface area contributed by atoms with Crippen LogP contribution in [0.4, 0.5) is 0 Å². The quantitative estimate of drug-likeness (QED) is 0.905. The number of amides is 1. The molecule has 1 saturated heterocycles. The van der Waals surface area contributed by atoms with Crippen LogP contribution in [-0.4, -0.2) is 29.9 Å². The summed E-state index contributed by atoms with van der Waals surface area (Å²) in [6.45, 7) is 2.44. The number of halogens is 2. The first-order chi connectivity index (χ1) is 10.3. The number of hydrogen-bond acceptors (Lipinski definition) is 2. The molecule has 3 rings (SSSR count). The first kappa shape index (κ1) is 17.6. The molecular formula is C17H24Cl2N2O. The van der Waals surface area contributed by atoms with Gasteiger partial charge in [0.2, 0.25) is 5.91 Å². The minimum Gasteiger partial charge on any atom is -0.335 e. The summed E-state index contributed by atoms with van der Waals surface area (Å²) in [5.41, 5.74) is 1.06. The zero-order chi connectivity index (χ0) is 14.7. The maximum Gasteiger partial charge on any atom is 0.227 e. The summed E-state index contributed by atoms with van der Waals surface area (Å²) < 4.78 is 0. The summed E-state index contributed by atoms with van der Waals surface area (Å²) in [6.07, 6.45) is 5.71. The van der Waals surface area contributed by atoms with Gasteiger partial charge >= 0.3 is 0 Å². The van der Waals surface area contributed by atoms with Gasteiger partial charge in [-0.1, -0.05) is 42.6 Å². The number of carbonyl (C=O) groups is 1. The molecule has 2 fully saturated rings. The van der Waals surface area contributed by atoms with E-state index >= 15 is 0 Å². The Morgan fingerprint density at radius 1 is 1.23 bits per heavy atom. The fraction of sp³-hybridized carbons (Fsp3) is 0.588. The molecule has 3 nitrogen and oxygen atoms in total. The third kappa shape index (κ3) is 3.95. The van der Waals surface area contributed by atoms with E-state index in [0.29, 0.717) is 18.5 Å². The molecule has 1 unspecified atom stereocenters. The van der Waals surface area contributed by atoms with Crippen LogP contribution in [0.25, 0.3) is 0 Å². The Balaban J connectivity index is 0.00000176. The predicted octanol–water partition coefficient (Wildman–Crippen LogP) is 3.64. The van der Waals surface area contributed by atoms with Crippen LogP contribution in [0.1, 0.15) is 37.7 Å². The van der Waals surface area contributed by atoms with Crippen molar-refractivity contribution >= 4 is 29.9 Å². The van der Waals surface area contributed by atoms with Crippen molar-refractivity contribution in [1.82, 2.24) is 10.2 Å². The molecule has 122 valence electrons. The van der Waals surface area contributed by atoms with Crippen LogP contribution in [0.3, 0.4) is 0 Å². The lowest BCUT2D eigenvalue weighted by atomic mass is 10.0. The average molecular weight is 343 g/mol.